The molecule has 6 nitrogen and oxygen atoms in total. The Hall–Kier alpha value is -1.93. The number of nitrogens with one attached hydrogen (secondary N) is 1. The standard InChI is InChI=1S/C13H16N4O2S2/c1-9(2)17-12(7-8-15-17)16-21(18,19)11-6-4-3-5-10(11)13(14)20/h3-9,16H,1-2H3,(H2,14,20). The molecule has 8 heteroatoms. The third-order valence-corrected chi connectivity index (χ3v) is 4.47. The third-order valence-electron chi connectivity index (χ3n) is 2.84. The minimum Gasteiger partial charge on any atom is -0.389 e. The molecule has 0 saturated carbocycles. The van der Waals surface area contributed by atoms with Crippen molar-refractivity contribution in [1.82, 2.24) is 9.78 Å². The topological polar surface area (TPSA) is 90.0 Å². The lowest BCUT2D eigenvalue weighted by molar-refractivity contribution is 0.539. The summed E-state index contributed by atoms with van der Waals surface area (Å²) in [5.74, 6) is 0.391. The van der Waals surface area contributed by atoms with E-state index in [1.165, 1.54) is 12.3 Å². The van der Waals surface area contributed by atoms with E-state index in [9.17, 15) is 8.42 Å². The van der Waals surface area contributed by atoms with Gasteiger partial charge in [-0.15, -0.1) is 0 Å². The van der Waals surface area contributed by atoms with Crippen molar-refractivity contribution in [2.24, 2.45) is 5.73 Å². The van der Waals surface area contributed by atoms with Gasteiger partial charge in [-0.3, -0.25) is 4.72 Å². The highest BCUT2D eigenvalue weighted by molar-refractivity contribution is 7.93. The molecule has 0 radical (unpaired) electrons. The number of thiocarbonyl (C=S) groups is 1. The van der Waals surface area contributed by atoms with E-state index in [4.69, 9.17) is 18.0 Å². The molecule has 0 aliphatic carbocycles. The zero-order valence-corrected chi connectivity index (χ0v) is 13.3. The van der Waals surface area contributed by atoms with Crippen molar-refractivity contribution >= 4 is 33.0 Å². The van der Waals surface area contributed by atoms with E-state index < -0.39 is 10.0 Å². The Kier molecular flexibility index (Phi) is 4.29. The van der Waals surface area contributed by atoms with E-state index >= 15 is 0 Å². The number of aromatic nitrogens is 2. The van der Waals surface area contributed by atoms with Crippen LogP contribution in [0.1, 0.15) is 25.5 Å². The van der Waals surface area contributed by atoms with Crippen LogP contribution in [0.15, 0.2) is 41.4 Å². The van der Waals surface area contributed by atoms with Gasteiger partial charge in [-0.25, -0.2) is 13.1 Å². The van der Waals surface area contributed by atoms with Gasteiger partial charge in [0, 0.05) is 17.7 Å². The Bertz CT molecular complexity index is 766. The van der Waals surface area contributed by atoms with Gasteiger partial charge >= 0.3 is 0 Å². The first-order valence-electron chi connectivity index (χ1n) is 6.28. The second-order valence-corrected chi connectivity index (χ2v) is 6.81. The van der Waals surface area contributed by atoms with Crippen molar-refractivity contribution in [3.05, 3.63) is 42.1 Å². The minimum absolute atomic E-state index is 0.0310. The fourth-order valence-electron chi connectivity index (χ4n) is 1.90. The van der Waals surface area contributed by atoms with Gasteiger partial charge in [-0.1, -0.05) is 30.4 Å². The van der Waals surface area contributed by atoms with Gasteiger partial charge in [0.25, 0.3) is 10.0 Å². The van der Waals surface area contributed by atoms with Crippen LogP contribution in [-0.2, 0) is 10.0 Å². The lowest BCUT2D eigenvalue weighted by Gasteiger charge is -2.14. The molecule has 3 N–H and O–H groups in total. The monoisotopic (exact) mass is 324 g/mol. The number of hydrogen-bond acceptors (Lipinski definition) is 4. The van der Waals surface area contributed by atoms with Crippen molar-refractivity contribution in [2.75, 3.05) is 4.72 Å². The quantitative estimate of drug-likeness (QED) is 0.820. The van der Waals surface area contributed by atoms with Gasteiger partial charge in [-0.05, 0) is 19.9 Å². The molecule has 112 valence electrons. The van der Waals surface area contributed by atoms with Crippen LogP contribution in [0.4, 0.5) is 5.82 Å². The maximum Gasteiger partial charge on any atom is 0.263 e. The molecule has 0 spiro atoms. The van der Waals surface area contributed by atoms with Crippen LogP contribution in [0.25, 0.3) is 0 Å². The number of rotatable bonds is 5. The van der Waals surface area contributed by atoms with Gasteiger partial charge in [-0.2, -0.15) is 5.10 Å². The van der Waals surface area contributed by atoms with E-state index in [1.807, 2.05) is 13.8 Å². The summed E-state index contributed by atoms with van der Waals surface area (Å²) in [6.45, 7) is 3.82. The van der Waals surface area contributed by atoms with E-state index in [-0.39, 0.29) is 15.9 Å². The van der Waals surface area contributed by atoms with Crippen LogP contribution in [0, 0.1) is 0 Å². The highest BCUT2D eigenvalue weighted by Gasteiger charge is 2.21. The summed E-state index contributed by atoms with van der Waals surface area (Å²) >= 11 is 4.90. The summed E-state index contributed by atoms with van der Waals surface area (Å²) in [6, 6.07) is 7.98. The highest BCUT2D eigenvalue weighted by Crippen LogP contribution is 2.21. The minimum atomic E-state index is -3.79. The van der Waals surface area contributed by atoms with Crippen LogP contribution in [0.3, 0.4) is 0 Å². The van der Waals surface area contributed by atoms with Crippen LogP contribution in [0.5, 0.6) is 0 Å². The third kappa shape index (κ3) is 3.22. The number of nitrogens with zero attached hydrogens (tertiary/aromatic N) is 2. The first kappa shape index (κ1) is 15.5. The van der Waals surface area contributed by atoms with Gasteiger partial charge in [0.15, 0.2) is 0 Å². The first-order chi connectivity index (χ1) is 9.83. The molecule has 21 heavy (non-hydrogen) atoms. The molecule has 1 aromatic heterocycles. The lowest BCUT2D eigenvalue weighted by Crippen LogP contribution is -2.21. The van der Waals surface area contributed by atoms with Crippen LogP contribution in [-0.4, -0.2) is 23.2 Å². The van der Waals surface area contributed by atoms with Gasteiger partial charge in [0.05, 0.1) is 11.1 Å². The average Bonchev–Trinajstić information content (AvgIpc) is 2.86. The fraction of sp³-hybridized carbons (Fsp3) is 0.231. The smallest absolute Gasteiger partial charge is 0.263 e. The molecule has 0 bridgehead atoms. The fourth-order valence-corrected chi connectivity index (χ4v) is 3.42. The van der Waals surface area contributed by atoms with E-state index in [1.54, 1.807) is 28.9 Å². The summed E-state index contributed by atoms with van der Waals surface area (Å²) in [6.07, 6.45) is 1.54. The molecule has 0 atom stereocenters. The molecule has 1 heterocycles. The summed E-state index contributed by atoms with van der Waals surface area (Å²) < 4.78 is 29.2. The van der Waals surface area contributed by atoms with Crippen molar-refractivity contribution < 1.29 is 8.42 Å². The van der Waals surface area contributed by atoms with E-state index in [0.717, 1.165) is 0 Å². The van der Waals surface area contributed by atoms with Crippen LogP contribution < -0.4 is 10.5 Å². The number of sulfonamides is 1. The molecule has 2 aromatic rings. The zero-order valence-electron chi connectivity index (χ0n) is 11.6. The van der Waals surface area contributed by atoms with Gasteiger partial charge < -0.3 is 5.73 Å². The predicted molar refractivity (Wildman–Crippen MR) is 85.7 cm³/mol. The lowest BCUT2D eigenvalue weighted by atomic mass is 10.2. The average molecular weight is 324 g/mol. The molecular formula is C13H16N4O2S2. The number of anilines is 1. The van der Waals surface area contributed by atoms with Crippen molar-refractivity contribution in [3.8, 4) is 0 Å². The molecule has 0 amide bonds. The van der Waals surface area contributed by atoms with E-state index in [2.05, 4.69) is 9.82 Å². The highest BCUT2D eigenvalue weighted by atomic mass is 32.2. The van der Waals surface area contributed by atoms with Crippen LogP contribution in [0.2, 0.25) is 0 Å². The molecule has 0 fully saturated rings. The van der Waals surface area contributed by atoms with E-state index in [0.29, 0.717) is 11.4 Å². The second kappa shape index (κ2) is 5.82. The molecular weight excluding hydrogens is 308 g/mol. The first-order valence-corrected chi connectivity index (χ1v) is 8.17. The molecule has 2 rings (SSSR count). The number of nitrogens with two attached hydrogens (primary N) is 1. The van der Waals surface area contributed by atoms with Gasteiger partial charge in [0.1, 0.15) is 10.8 Å². The maximum atomic E-state index is 12.5. The summed E-state index contributed by atoms with van der Waals surface area (Å²) in [5, 5.41) is 4.09. The normalized spacial score (nSPS) is 11.6. The number of hydrogen-bond donors (Lipinski definition) is 2. The Morgan fingerprint density at radius 2 is 2.00 bits per heavy atom. The largest absolute Gasteiger partial charge is 0.389 e. The van der Waals surface area contributed by atoms with Crippen LogP contribution >= 0.6 is 12.2 Å². The van der Waals surface area contributed by atoms with Crippen molar-refractivity contribution in [1.29, 1.82) is 0 Å². The zero-order chi connectivity index (χ0) is 15.6. The Morgan fingerprint density at radius 3 is 2.62 bits per heavy atom. The molecule has 0 unspecified atom stereocenters. The second-order valence-electron chi connectivity index (χ2n) is 4.72. The van der Waals surface area contributed by atoms with Gasteiger partial charge in [0.2, 0.25) is 0 Å². The SMILES string of the molecule is CC(C)n1nccc1NS(=O)(=O)c1ccccc1C(N)=S. The van der Waals surface area contributed by atoms with Crippen molar-refractivity contribution in [2.45, 2.75) is 24.8 Å². The Balaban J connectivity index is 2.44. The Morgan fingerprint density at radius 1 is 1.33 bits per heavy atom. The van der Waals surface area contributed by atoms with Crippen molar-refractivity contribution in [3.63, 3.8) is 0 Å². The molecule has 0 aliphatic heterocycles. The molecule has 1 aromatic carbocycles. The summed E-state index contributed by atoms with van der Waals surface area (Å²) in [4.78, 5) is 0.0855. The predicted octanol–water partition coefficient (Wildman–Crippen LogP) is 1.90. The molecule has 0 aliphatic rings. The maximum absolute atomic E-state index is 12.5. The summed E-state index contributed by atoms with van der Waals surface area (Å²) in [5.41, 5.74) is 5.90. The number of benzene rings is 1. The Labute approximate surface area is 129 Å². The molecule has 0 saturated heterocycles. The summed E-state index contributed by atoms with van der Waals surface area (Å²) in [7, 11) is -3.79.